The number of nitrogen functional groups attached to an aromatic ring is 1. The molecule has 3 rings (SSSR count). The standard InChI is InChI=1S/C15H15N3O2S/c1-18(10-11-6-2-4-8-13(11)16)15-12-7-3-5-9-14(12)21(19,20)17-15/h2-9H,10,16H2,1H3. The van der Waals surface area contributed by atoms with Crippen LogP contribution in [0.2, 0.25) is 0 Å². The topological polar surface area (TPSA) is 75.8 Å². The Balaban J connectivity index is 1.97. The van der Waals surface area contributed by atoms with Crippen molar-refractivity contribution in [1.82, 2.24) is 4.90 Å². The summed E-state index contributed by atoms with van der Waals surface area (Å²) in [4.78, 5) is 2.06. The number of hydrogen-bond donors (Lipinski definition) is 1. The molecule has 2 aromatic rings. The summed E-state index contributed by atoms with van der Waals surface area (Å²) in [5, 5.41) is 0. The van der Waals surface area contributed by atoms with Crippen LogP contribution in [-0.4, -0.2) is 26.2 Å². The van der Waals surface area contributed by atoms with Crippen LogP contribution in [0.1, 0.15) is 11.1 Å². The Bertz CT molecular complexity index is 828. The van der Waals surface area contributed by atoms with E-state index >= 15 is 0 Å². The van der Waals surface area contributed by atoms with Crippen LogP contribution < -0.4 is 5.73 Å². The van der Waals surface area contributed by atoms with Crippen molar-refractivity contribution in [2.45, 2.75) is 11.4 Å². The largest absolute Gasteiger partial charge is 0.398 e. The smallest absolute Gasteiger partial charge is 0.285 e. The normalized spacial score (nSPS) is 15.4. The second kappa shape index (κ2) is 4.89. The summed E-state index contributed by atoms with van der Waals surface area (Å²) in [6, 6.07) is 14.4. The number of rotatable bonds is 2. The Kier molecular flexibility index (Phi) is 3.17. The lowest BCUT2D eigenvalue weighted by Gasteiger charge is -2.20. The first-order valence-electron chi connectivity index (χ1n) is 6.48. The zero-order valence-electron chi connectivity index (χ0n) is 11.5. The van der Waals surface area contributed by atoms with E-state index in [4.69, 9.17) is 5.73 Å². The van der Waals surface area contributed by atoms with E-state index in [1.54, 1.807) is 29.2 Å². The molecular weight excluding hydrogens is 286 g/mol. The van der Waals surface area contributed by atoms with Gasteiger partial charge in [-0.25, -0.2) is 0 Å². The minimum atomic E-state index is -3.59. The molecule has 0 atom stereocenters. The van der Waals surface area contributed by atoms with Gasteiger partial charge in [-0.2, -0.15) is 8.42 Å². The molecule has 0 spiro atoms. The first-order valence-corrected chi connectivity index (χ1v) is 7.92. The number of nitrogens with zero attached hydrogens (tertiary/aromatic N) is 2. The summed E-state index contributed by atoms with van der Waals surface area (Å²) in [6.07, 6.45) is 0. The molecule has 0 unspecified atom stereocenters. The maximum Gasteiger partial charge on any atom is 0.285 e. The monoisotopic (exact) mass is 301 g/mol. The quantitative estimate of drug-likeness (QED) is 0.859. The van der Waals surface area contributed by atoms with Crippen LogP contribution in [-0.2, 0) is 16.6 Å². The predicted octanol–water partition coefficient (Wildman–Crippen LogP) is 1.85. The fourth-order valence-electron chi connectivity index (χ4n) is 2.37. The minimum Gasteiger partial charge on any atom is -0.398 e. The summed E-state index contributed by atoms with van der Waals surface area (Å²) >= 11 is 0. The van der Waals surface area contributed by atoms with Crippen LogP contribution in [0, 0.1) is 0 Å². The molecule has 5 nitrogen and oxygen atoms in total. The van der Waals surface area contributed by atoms with Gasteiger partial charge in [-0.3, -0.25) is 0 Å². The lowest BCUT2D eigenvalue weighted by molar-refractivity contribution is 0.503. The molecule has 0 aromatic heterocycles. The van der Waals surface area contributed by atoms with E-state index in [2.05, 4.69) is 4.40 Å². The van der Waals surface area contributed by atoms with E-state index in [0.29, 0.717) is 23.6 Å². The molecule has 1 aliphatic heterocycles. The van der Waals surface area contributed by atoms with Gasteiger partial charge in [0.25, 0.3) is 10.0 Å². The molecule has 108 valence electrons. The molecule has 6 heteroatoms. The van der Waals surface area contributed by atoms with Gasteiger partial charge in [0.15, 0.2) is 5.84 Å². The van der Waals surface area contributed by atoms with Gasteiger partial charge in [-0.05, 0) is 23.8 Å². The average Bonchev–Trinajstić information content (AvgIpc) is 2.74. The summed E-state index contributed by atoms with van der Waals surface area (Å²) in [5.41, 5.74) is 8.18. The second-order valence-electron chi connectivity index (χ2n) is 4.94. The summed E-state index contributed by atoms with van der Waals surface area (Å²) < 4.78 is 28.0. The van der Waals surface area contributed by atoms with Crippen LogP contribution in [0.4, 0.5) is 5.69 Å². The lowest BCUT2D eigenvalue weighted by atomic mass is 10.1. The SMILES string of the molecule is CN(Cc1ccccc1N)C1=NS(=O)(=O)c2ccccc21. The predicted molar refractivity (Wildman–Crippen MR) is 82.5 cm³/mol. The molecule has 0 amide bonds. The Morgan fingerprint density at radius 3 is 2.52 bits per heavy atom. The fraction of sp³-hybridized carbons (Fsp3) is 0.133. The molecule has 2 N–H and O–H groups in total. The van der Waals surface area contributed by atoms with Gasteiger partial charge in [0.2, 0.25) is 0 Å². The summed E-state index contributed by atoms with van der Waals surface area (Å²) in [7, 11) is -1.78. The van der Waals surface area contributed by atoms with E-state index in [-0.39, 0.29) is 4.90 Å². The molecule has 1 aliphatic rings. The highest BCUT2D eigenvalue weighted by Gasteiger charge is 2.30. The van der Waals surface area contributed by atoms with Gasteiger partial charge in [-0.15, -0.1) is 4.40 Å². The van der Waals surface area contributed by atoms with Gasteiger partial charge in [0, 0.05) is 24.8 Å². The van der Waals surface area contributed by atoms with Crippen molar-refractivity contribution in [3.8, 4) is 0 Å². The van der Waals surface area contributed by atoms with Crippen LogP contribution >= 0.6 is 0 Å². The molecule has 0 saturated heterocycles. The van der Waals surface area contributed by atoms with E-state index in [1.807, 2.05) is 31.3 Å². The summed E-state index contributed by atoms with van der Waals surface area (Å²) in [6.45, 7) is 0.495. The van der Waals surface area contributed by atoms with Crippen LogP contribution in [0.5, 0.6) is 0 Å². The Morgan fingerprint density at radius 1 is 1.10 bits per heavy atom. The summed E-state index contributed by atoms with van der Waals surface area (Å²) in [5.74, 6) is 0.453. The Morgan fingerprint density at radius 2 is 1.76 bits per heavy atom. The van der Waals surface area contributed by atoms with Crippen LogP contribution in [0.15, 0.2) is 57.8 Å². The maximum absolute atomic E-state index is 12.0. The maximum atomic E-state index is 12.0. The van der Waals surface area contributed by atoms with Gasteiger partial charge in [-0.1, -0.05) is 30.3 Å². The van der Waals surface area contributed by atoms with E-state index < -0.39 is 10.0 Å². The van der Waals surface area contributed by atoms with Crippen molar-refractivity contribution in [3.63, 3.8) is 0 Å². The van der Waals surface area contributed by atoms with Gasteiger partial charge < -0.3 is 10.6 Å². The van der Waals surface area contributed by atoms with Crippen molar-refractivity contribution < 1.29 is 8.42 Å². The number of para-hydroxylation sites is 1. The fourth-order valence-corrected chi connectivity index (χ4v) is 3.62. The first kappa shape index (κ1) is 13.6. The number of anilines is 1. The van der Waals surface area contributed by atoms with Crippen molar-refractivity contribution >= 4 is 21.5 Å². The molecule has 0 radical (unpaired) electrons. The third kappa shape index (κ3) is 2.38. The van der Waals surface area contributed by atoms with Gasteiger partial charge >= 0.3 is 0 Å². The third-order valence-electron chi connectivity index (χ3n) is 3.44. The Hall–Kier alpha value is -2.34. The highest BCUT2D eigenvalue weighted by Crippen LogP contribution is 2.27. The van der Waals surface area contributed by atoms with Crippen molar-refractivity contribution in [2.75, 3.05) is 12.8 Å². The van der Waals surface area contributed by atoms with Crippen molar-refractivity contribution in [1.29, 1.82) is 0 Å². The second-order valence-corrected chi connectivity index (χ2v) is 6.51. The number of hydrogen-bond acceptors (Lipinski definition) is 4. The minimum absolute atomic E-state index is 0.257. The van der Waals surface area contributed by atoms with E-state index in [9.17, 15) is 8.42 Å². The first-order chi connectivity index (χ1) is 9.99. The zero-order chi connectivity index (χ0) is 15.0. The number of sulfonamides is 1. The molecule has 0 fully saturated rings. The van der Waals surface area contributed by atoms with Crippen LogP contribution in [0.25, 0.3) is 0 Å². The molecular formula is C15H15N3O2S. The third-order valence-corrected chi connectivity index (χ3v) is 4.76. The molecule has 0 bridgehead atoms. The molecule has 2 aromatic carbocycles. The zero-order valence-corrected chi connectivity index (χ0v) is 12.3. The van der Waals surface area contributed by atoms with E-state index in [0.717, 1.165) is 5.56 Å². The van der Waals surface area contributed by atoms with Crippen LogP contribution in [0.3, 0.4) is 0 Å². The molecule has 21 heavy (non-hydrogen) atoms. The average molecular weight is 301 g/mol. The highest BCUT2D eigenvalue weighted by atomic mass is 32.2. The van der Waals surface area contributed by atoms with Gasteiger partial charge in [0.05, 0.1) is 0 Å². The highest BCUT2D eigenvalue weighted by molar-refractivity contribution is 7.90. The van der Waals surface area contributed by atoms with Crippen molar-refractivity contribution in [3.05, 3.63) is 59.7 Å². The van der Waals surface area contributed by atoms with Gasteiger partial charge in [0.1, 0.15) is 4.90 Å². The number of benzene rings is 2. The number of amidine groups is 1. The Labute approximate surface area is 123 Å². The molecule has 0 aliphatic carbocycles. The molecule has 1 heterocycles. The van der Waals surface area contributed by atoms with Crippen molar-refractivity contribution in [2.24, 2.45) is 4.40 Å². The number of fused-ring (bicyclic) bond motifs is 1. The van der Waals surface area contributed by atoms with E-state index in [1.165, 1.54) is 0 Å². The molecule has 0 saturated carbocycles. The lowest BCUT2D eigenvalue weighted by Crippen LogP contribution is -2.26. The number of nitrogens with two attached hydrogens (primary N) is 1.